The number of phenols is 3. The number of amides is 3. The van der Waals surface area contributed by atoms with Crippen LogP contribution in [0.4, 0.5) is 0 Å². The van der Waals surface area contributed by atoms with Gasteiger partial charge in [-0.25, -0.2) is 4.79 Å². The molecule has 3 aliphatic rings. The third kappa shape index (κ3) is 15.7. The summed E-state index contributed by atoms with van der Waals surface area (Å²) in [6, 6.07) is 28.1. The minimum atomic E-state index is -0.405. The molecule has 17 heteroatoms. The number of esters is 1. The topological polar surface area (TPSA) is 220 Å². The van der Waals surface area contributed by atoms with E-state index in [-0.39, 0.29) is 70.8 Å². The van der Waals surface area contributed by atoms with Crippen LogP contribution in [0.5, 0.6) is 23.0 Å². The van der Waals surface area contributed by atoms with E-state index in [1.54, 1.807) is 17.0 Å². The van der Waals surface area contributed by atoms with E-state index in [1.165, 1.54) is 31.4 Å². The molecule has 3 heterocycles. The van der Waals surface area contributed by atoms with Crippen LogP contribution in [0.3, 0.4) is 0 Å². The molecule has 3 atom stereocenters. The number of hydrogen-bond donors (Lipinski definition) is 5. The standard InChI is InChI=1S/C19H19NO4.C12H15NO2.C7H6O3.C6H9NO3.CH3PS/c21-12-16-17(22)7-4-8-18(16)24-13-15-9-10-19(23)20(15)11-14-5-2-1-3-6-14;14-9-11-6-7-12(15)13(11)8-10-4-2-1-3-5-10;8-4-5-6(9)2-1-3-7(5)10;1-10-6(9)4-2-3-5(8)7-4;1-2-3/h1-8,12,15,22H,9-11,13H2;1-5,11,14H,6-9H2;1-4,9-10H;4H,2-3H2,1H3,(H,7,8);1H3/t15-;11-;;4-;/m00.0./s1. The predicted molar refractivity (Wildman–Crippen MR) is 235 cm³/mol. The largest absolute Gasteiger partial charge is 0.507 e. The first-order valence-electron chi connectivity index (χ1n) is 19.6. The molecule has 3 saturated heterocycles. The highest BCUT2D eigenvalue weighted by atomic mass is 32.4. The number of phenolic OH excluding ortho intramolecular Hbond substituents is 3. The van der Waals surface area contributed by atoms with Crippen molar-refractivity contribution in [3.05, 3.63) is 119 Å². The number of carbonyl (C=O) groups is 6. The molecular weight excluding hydrogens is 838 g/mol. The van der Waals surface area contributed by atoms with Crippen LogP contribution in [0.15, 0.2) is 97.1 Å². The van der Waals surface area contributed by atoms with Crippen LogP contribution in [-0.2, 0) is 48.8 Å². The molecule has 7 rings (SSSR count). The molecule has 5 N–H and O–H groups in total. The summed E-state index contributed by atoms with van der Waals surface area (Å²) in [4.78, 5) is 69.8. The molecule has 3 aliphatic heterocycles. The number of benzene rings is 4. The number of likely N-dealkylation sites (tertiary alicyclic amines) is 2. The van der Waals surface area contributed by atoms with Crippen LogP contribution in [-0.4, -0.2) is 112 Å². The molecule has 4 aromatic rings. The minimum Gasteiger partial charge on any atom is -0.507 e. The van der Waals surface area contributed by atoms with Crippen molar-refractivity contribution in [1.29, 1.82) is 0 Å². The second-order valence-corrected chi connectivity index (χ2v) is 15.4. The lowest BCUT2D eigenvalue weighted by molar-refractivity contribution is -0.143. The quantitative estimate of drug-likeness (QED) is 0.0733. The van der Waals surface area contributed by atoms with Gasteiger partial charge in [-0.1, -0.05) is 84.6 Å². The van der Waals surface area contributed by atoms with Gasteiger partial charge in [-0.2, -0.15) is 0 Å². The van der Waals surface area contributed by atoms with E-state index < -0.39 is 6.04 Å². The molecule has 0 unspecified atom stereocenters. The first kappa shape index (κ1) is 50.1. The van der Waals surface area contributed by atoms with Gasteiger partial charge in [-0.05, 0) is 68.7 Å². The summed E-state index contributed by atoms with van der Waals surface area (Å²) in [5.41, 5.74) is 2.26. The molecule has 0 radical (unpaired) electrons. The summed E-state index contributed by atoms with van der Waals surface area (Å²) < 4.78 is 10.2. The maximum absolute atomic E-state index is 12.2. The van der Waals surface area contributed by atoms with E-state index in [1.807, 2.05) is 72.2 Å². The summed E-state index contributed by atoms with van der Waals surface area (Å²) >= 11 is 4.37. The zero-order chi connectivity index (χ0) is 45.4. The van der Waals surface area contributed by atoms with E-state index in [2.05, 4.69) is 21.9 Å². The van der Waals surface area contributed by atoms with Gasteiger partial charge in [0.15, 0.2) is 12.6 Å². The minimum absolute atomic E-state index is 0.0118. The Morgan fingerprint density at radius 3 is 1.63 bits per heavy atom. The Labute approximate surface area is 367 Å². The second-order valence-electron chi connectivity index (χ2n) is 13.9. The molecule has 0 aromatic heterocycles. The van der Waals surface area contributed by atoms with E-state index in [4.69, 9.17) is 20.1 Å². The maximum Gasteiger partial charge on any atom is 0.328 e. The first-order valence-corrected chi connectivity index (χ1v) is 22.0. The number of carbonyl (C=O) groups excluding carboxylic acids is 6. The highest BCUT2D eigenvalue weighted by molar-refractivity contribution is 7.96. The lowest BCUT2D eigenvalue weighted by atomic mass is 10.2. The number of ether oxygens (including phenoxy) is 2. The third-order valence-corrected chi connectivity index (χ3v) is 9.76. The Morgan fingerprint density at radius 1 is 0.726 bits per heavy atom. The Kier molecular flexibility index (Phi) is 21.7. The third-order valence-electron chi connectivity index (χ3n) is 9.76. The zero-order valence-electron chi connectivity index (χ0n) is 34.5. The van der Waals surface area contributed by atoms with Crippen molar-refractivity contribution in [3.8, 4) is 23.0 Å². The monoisotopic (exact) mass is 889 g/mol. The van der Waals surface area contributed by atoms with Gasteiger partial charge in [-0.3, -0.25) is 24.0 Å². The van der Waals surface area contributed by atoms with Gasteiger partial charge >= 0.3 is 5.97 Å². The molecule has 330 valence electrons. The second kappa shape index (κ2) is 26.9. The molecule has 15 nitrogen and oxygen atoms in total. The molecule has 0 bridgehead atoms. The van der Waals surface area contributed by atoms with Crippen molar-refractivity contribution in [3.63, 3.8) is 0 Å². The lowest BCUT2D eigenvalue weighted by Gasteiger charge is -2.25. The molecule has 0 saturated carbocycles. The van der Waals surface area contributed by atoms with Crippen LogP contribution >= 0.6 is 7.36 Å². The molecule has 4 aromatic carbocycles. The SMILES string of the molecule is COC(=O)[C@@H]1CCC(=O)N1.CP=S.O=C1CC[C@@H](CO)N1Cc1ccccc1.O=Cc1c(O)cccc1O.O=Cc1c(O)cccc1OC[C@@H]1CCC(=O)N1Cc1ccccc1. The number of methoxy groups -OCH3 is 1. The van der Waals surface area contributed by atoms with E-state index in [0.717, 1.165) is 31.3 Å². The number of aromatic hydroxyl groups is 3. The van der Waals surface area contributed by atoms with Gasteiger partial charge in [0.1, 0.15) is 35.6 Å². The average molecular weight is 890 g/mol. The Balaban J connectivity index is 0.000000231. The van der Waals surface area contributed by atoms with Crippen molar-refractivity contribution < 1.29 is 58.7 Å². The van der Waals surface area contributed by atoms with Crippen LogP contribution in [0.25, 0.3) is 0 Å². The fourth-order valence-electron chi connectivity index (χ4n) is 6.50. The van der Waals surface area contributed by atoms with Crippen LogP contribution in [0.1, 0.15) is 70.4 Å². The normalized spacial score (nSPS) is 17.4. The highest BCUT2D eigenvalue weighted by Gasteiger charge is 2.32. The average Bonchev–Trinajstić information content (AvgIpc) is 3.98. The number of nitrogens with one attached hydrogen (secondary N) is 1. The van der Waals surface area contributed by atoms with Crippen LogP contribution < -0.4 is 10.1 Å². The van der Waals surface area contributed by atoms with E-state index in [0.29, 0.717) is 63.7 Å². The van der Waals surface area contributed by atoms with Crippen molar-refractivity contribution in [2.45, 2.75) is 69.7 Å². The Hall–Kier alpha value is -6.22. The Bertz CT molecular complexity index is 2070. The van der Waals surface area contributed by atoms with Gasteiger partial charge in [-0.15, -0.1) is 0 Å². The van der Waals surface area contributed by atoms with Crippen molar-refractivity contribution in [2.24, 2.45) is 0 Å². The molecule has 62 heavy (non-hydrogen) atoms. The van der Waals surface area contributed by atoms with Gasteiger partial charge in [0, 0.05) is 32.4 Å². The van der Waals surface area contributed by atoms with E-state index in [9.17, 15) is 33.9 Å². The maximum atomic E-state index is 12.2. The van der Waals surface area contributed by atoms with Crippen molar-refractivity contribution in [1.82, 2.24) is 15.1 Å². The predicted octanol–water partition coefficient (Wildman–Crippen LogP) is 5.32. The number of aldehydes is 2. The zero-order valence-corrected chi connectivity index (χ0v) is 36.2. The summed E-state index contributed by atoms with van der Waals surface area (Å²) in [5.74, 6) is -0.335. The lowest BCUT2D eigenvalue weighted by Crippen LogP contribution is -2.36. The summed E-state index contributed by atoms with van der Waals surface area (Å²) in [7, 11) is 2.31. The van der Waals surface area contributed by atoms with Crippen LogP contribution in [0, 0.1) is 0 Å². The molecule has 0 spiro atoms. The van der Waals surface area contributed by atoms with Crippen molar-refractivity contribution in [2.75, 3.05) is 27.0 Å². The fourth-order valence-corrected chi connectivity index (χ4v) is 6.50. The smallest absolute Gasteiger partial charge is 0.328 e. The Morgan fingerprint density at radius 2 is 1.19 bits per heavy atom. The summed E-state index contributed by atoms with van der Waals surface area (Å²) in [6.45, 7) is 3.44. The summed E-state index contributed by atoms with van der Waals surface area (Å²) in [5, 5.41) is 39.1. The summed E-state index contributed by atoms with van der Waals surface area (Å²) in [6.07, 6.45) is 4.55. The molecular formula is C45H52N3O12PS. The fraction of sp³-hybridized carbons (Fsp3) is 0.333. The number of aliphatic hydroxyl groups excluding tert-OH is 1. The van der Waals surface area contributed by atoms with E-state index >= 15 is 0 Å². The van der Waals surface area contributed by atoms with Crippen molar-refractivity contribution >= 4 is 55.4 Å². The molecule has 0 aliphatic carbocycles. The number of aliphatic hydroxyl groups is 1. The molecule has 3 amide bonds. The molecule has 3 fully saturated rings. The van der Waals surface area contributed by atoms with Crippen LogP contribution in [0.2, 0.25) is 0 Å². The number of hydrogen-bond acceptors (Lipinski definition) is 13. The first-order chi connectivity index (χ1) is 29.9. The highest BCUT2D eigenvalue weighted by Crippen LogP contribution is 2.28. The number of rotatable bonds is 11. The van der Waals surface area contributed by atoms with Gasteiger partial charge in [0.05, 0.1) is 36.9 Å². The van der Waals surface area contributed by atoms with Gasteiger partial charge < -0.3 is 45.0 Å². The van der Waals surface area contributed by atoms with Gasteiger partial charge in [0.25, 0.3) is 0 Å². The number of nitrogens with zero attached hydrogens (tertiary/aromatic N) is 2. The van der Waals surface area contributed by atoms with Gasteiger partial charge in [0.2, 0.25) is 17.7 Å².